The van der Waals surface area contributed by atoms with Crippen LogP contribution in [0.25, 0.3) is 0 Å². The molecule has 0 aliphatic rings. The van der Waals surface area contributed by atoms with E-state index < -0.39 is 8.56 Å². The van der Waals surface area contributed by atoms with Gasteiger partial charge in [-0.25, -0.2) is 4.39 Å². The number of hydrogen-bond acceptors (Lipinski definition) is 2. The number of benzene rings is 1. The second-order valence-corrected chi connectivity index (χ2v) is 8.89. The highest BCUT2D eigenvalue weighted by Gasteiger charge is 2.29. The average molecular weight is 313 g/mol. The molecule has 21 heavy (non-hydrogen) atoms. The van der Waals surface area contributed by atoms with Crippen LogP contribution in [0.1, 0.15) is 45.1 Å². The van der Waals surface area contributed by atoms with Crippen LogP contribution in [0.5, 0.6) is 0 Å². The summed E-state index contributed by atoms with van der Waals surface area (Å²) in [6.45, 7) is 7.72. The predicted octanol–water partition coefficient (Wildman–Crippen LogP) is 5.07. The zero-order valence-corrected chi connectivity index (χ0v) is 14.7. The van der Waals surface area contributed by atoms with Gasteiger partial charge in [-0.15, -0.1) is 0 Å². The van der Waals surface area contributed by atoms with Crippen LogP contribution >= 0.6 is 0 Å². The lowest BCUT2D eigenvalue weighted by Crippen LogP contribution is -2.38. The van der Waals surface area contributed by atoms with Gasteiger partial charge in [0.1, 0.15) is 5.82 Å². The van der Waals surface area contributed by atoms with Crippen LogP contribution in [-0.2, 0) is 15.3 Å². The summed E-state index contributed by atoms with van der Waals surface area (Å²) >= 11 is 0. The first-order valence-corrected chi connectivity index (χ1v) is 10.6. The van der Waals surface area contributed by atoms with Gasteiger partial charge in [0.2, 0.25) is 0 Å². The van der Waals surface area contributed by atoms with E-state index in [1.807, 2.05) is 26.0 Å². The Balaban J connectivity index is 2.14. The maximum atomic E-state index is 12.8. The van der Waals surface area contributed by atoms with E-state index in [4.69, 9.17) is 8.85 Å². The van der Waals surface area contributed by atoms with Crippen molar-refractivity contribution in [3.05, 3.63) is 35.6 Å². The molecule has 0 aliphatic carbocycles. The first-order chi connectivity index (χ1) is 10.1. The largest absolute Gasteiger partial charge is 0.395 e. The smallest absolute Gasteiger partial charge is 0.334 e. The van der Waals surface area contributed by atoms with Crippen molar-refractivity contribution in [3.8, 4) is 0 Å². The summed E-state index contributed by atoms with van der Waals surface area (Å²) in [5.41, 5.74) is 1.22. The molecule has 0 saturated carbocycles. The molecule has 0 fully saturated rings. The Morgan fingerprint density at radius 2 is 1.48 bits per heavy atom. The SMILES string of the molecule is CCO[Si](C)(CCCCCCc1ccc(F)cc1)OCC. The third-order valence-electron chi connectivity index (χ3n) is 3.66. The van der Waals surface area contributed by atoms with Crippen LogP contribution < -0.4 is 0 Å². The van der Waals surface area contributed by atoms with Crippen molar-refractivity contribution in [2.24, 2.45) is 0 Å². The minimum atomic E-state index is -1.92. The molecule has 0 spiro atoms. The molecule has 0 radical (unpaired) electrons. The second-order valence-electron chi connectivity index (χ2n) is 5.54. The van der Waals surface area contributed by atoms with Gasteiger partial charge in [0, 0.05) is 13.2 Å². The number of unbranched alkanes of at least 4 members (excludes halogenated alkanes) is 3. The summed E-state index contributed by atoms with van der Waals surface area (Å²) in [4.78, 5) is 0. The molecule has 1 aromatic carbocycles. The summed E-state index contributed by atoms with van der Waals surface area (Å²) in [7, 11) is -1.92. The van der Waals surface area contributed by atoms with Gasteiger partial charge >= 0.3 is 8.56 Å². The minimum Gasteiger partial charge on any atom is -0.395 e. The van der Waals surface area contributed by atoms with Gasteiger partial charge in [0.05, 0.1) is 0 Å². The Kier molecular flexibility index (Phi) is 8.81. The minimum absolute atomic E-state index is 0.158. The van der Waals surface area contributed by atoms with Crippen molar-refractivity contribution in [2.75, 3.05) is 13.2 Å². The van der Waals surface area contributed by atoms with E-state index in [2.05, 4.69) is 6.55 Å². The van der Waals surface area contributed by atoms with Gasteiger partial charge in [-0.3, -0.25) is 0 Å². The fourth-order valence-electron chi connectivity index (χ4n) is 2.58. The zero-order valence-electron chi connectivity index (χ0n) is 13.7. The zero-order chi connectivity index (χ0) is 15.6. The fraction of sp³-hybridized carbons (Fsp3) is 0.647. The number of hydrogen-bond donors (Lipinski definition) is 0. The molecule has 0 saturated heterocycles. The molecule has 0 heterocycles. The molecule has 120 valence electrons. The van der Waals surface area contributed by atoms with Crippen molar-refractivity contribution in [3.63, 3.8) is 0 Å². The molecule has 0 unspecified atom stereocenters. The highest BCUT2D eigenvalue weighted by molar-refractivity contribution is 6.66. The van der Waals surface area contributed by atoms with Crippen LogP contribution in [0, 0.1) is 5.82 Å². The highest BCUT2D eigenvalue weighted by Crippen LogP contribution is 2.19. The third kappa shape index (κ3) is 7.74. The van der Waals surface area contributed by atoms with Crippen molar-refractivity contribution >= 4 is 8.56 Å². The van der Waals surface area contributed by atoms with Gasteiger partial charge in [0.15, 0.2) is 0 Å². The first kappa shape index (κ1) is 18.3. The van der Waals surface area contributed by atoms with Crippen LogP contribution in [0.4, 0.5) is 4.39 Å². The van der Waals surface area contributed by atoms with Crippen molar-refractivity contribution < 1.29 is 13.2 Å². The lowest BCUT2D eigenvalue weighted by Gasteiger charge is -2.25. The van der Waals surface area contributed by atoms with Crippen LogP contribution in [0.2, 0.25) is 12.6 Å². The number of halogens is 1. The summed E-state index contributed by atoms with van der Waals surface area (Å²) < 4.78 is 24.5. The van der Waals surface area contributed by atoms with E-state index in [-0.39, 0.29) is 5.82 Å². The summed E-state index contributed by atoms with van der Waals surface area (Å²) in [6, 6.07) is 7.91. The maximum Gasteiger partial charge on any atom is 0.334 e. The van der Waals surface area contributed by atoms with Crippen LogP contribution in [0.3, 0.4) is 0 Å². The molecule has 4 heteroatoms. The molecule has 1 aromatic rings. The molecule has 2 nitrogen and oxygen atoms in total. The quantitative estimate of drug-likeness (QED) is 0.419. The predicted molar refractivity (Wildman–Crippen MR) is 88.2 cm³/mol. The van der Waals surface area contributed by atoms with E-state index >= 15 is 0 Å². The van der Waals surface area contributed by atoms with Gasteiger partial charge in [-0.2, -0.15) is 0 Å². The Hall–Kier alpha value is -0.713. The Labute approximate surface area is 129 Å². The molecular weight excluding hydrogens is 283 g/mol. The lowest BCUT2D eigenvalue weighted by atomic mass is 10.1. The van der Waals surface area contributed by atoms with Crippen molar-refractivity contribution in [1.29, 1.82) is 0 Å². The third-order valence-corrected chi connectivity index (χ3v) is 6.72. The fourth-order valence-corrected chi connectivity index (χ4v) is 5.06. The monoisotopic (exact) mass is 312 g/mol. The summed E-state index contributed by atoms with van der Waals surface area (Å²) in [5, 5.41) is 0. The molecule has 0 aliphatic heterocycles. The maximum absolute atomic E-state index is 12.8. The topological polar surface area (TPSA) is 18.5 Å². The van der Waals surface area contributed by atoms with E-state index in [9.17, 15) is 4.39 Å². The van der Waals surface area contributed by atoms with Crippen molar-refractivity contribution in [1.82, 2.24) is 0 Å². The van der Waals surface area contributed by atoms with Gasteiger partial charge in [-0.1, -0.05) is 31.4 Å². The summed E-state index contributed by atoms with van der Waals surface area (Å²) in [5.74, 6) is -0.158. The van der Waals surface area contributed by atoms with E-state index in [1.165, 1.54) is 37.0 Å². The lowest BCUT2D eigenvalue weighted by molar-refractivity contribution is 0.188. The first-order valence-electron chi connectivity index (χ1n) is 8.12. The number of rotatable bonds is 11. The van der Waals surface area contributed by atoms with Crippen LogP contribution in [0.15, 0.2) is 24.3 Å². The van der Waals surface area contributed by atoms with Gasteiger partial charge < -0.3 is 8.85 Å². The van der Waals surface area contributed by atoms with Gasteiger partial charge in [0.25, 0.3) is 0 Å². The standard InChI is InChI=1S/C17H29FO2Si/c1-4-19-21(3,20-5-2)15-9-7-6-8-10-16-11-13-17(18)14-12-16/h11-14H,4-10,15H2,1-3H3. The molecule has 0 atom stereocenters. The highest BCUT2D eigenvalue weighted by atomic mass is 28.4. The normalized spacial score (nSPS) is 11.8. The van der Waals surface area contributed by atoms with Crippen LogP contribution in [-0.4, -0.2) is 21.8 Å². The second kappa shape index (κ2) is 10.1. The Morgan fingerprint density at radius 3 is 2.05 bits per heavy atom. The average Bonchev–Trinajstić information content (AvgIpc) is 2.45. The molecular formula is C17H29FO2Si. The molecule has 0 aromatic heterocycles. The molecule has 0 amide bonds. The van der Waals surface area contributed by atoms with E-state index in [0.717, 1.165) is 32.1 Å². The molecule has 0 bridgehead atoms. The molecule has 0 N–H and O–H groups in total. The Morgan fingerprint density at radius 1 is 0.905 bits per heavy atom. The van der Waals surface area contributed by atoms with E-state index in [0.29, 0.717) is 0 Å². The Bertz CT molecular complexity index is 375. The van der Waals surface area contributed by atoms with E-state index in [1.54, 1.807) is 0 Å². The summed E-state index contributed by atoms with van der Waals surface area (Å²) in [6.07, 6.45) is 5.79. The van der Waals surface area contributed by atoms with Gasteiger partial charge in [-0.05, 0) is 57.0 Å². The number of aryl methyl sites for hydroxylation is 1. The van der Waals surface area contributed by atoms with Crippen molar-refractivity contribution in [2.45, 2.75) is 58.5 Å². The molecule has 1 rings (SSSR count).